The highest BCUT2D eigenvalue weighted by molar-refractivity contribution is 5.99. The van der Waals surface area contributed by atoms with Crippen LogP contribution in [0.4, 0.5) is 0 Å². The summed E-state index contributed by atoms with van der Waals surface area (Å²) in [6.07, 6.45) is 3.28. The van der Waals surface area contributed by atoms with Crippen LogP contribution in [0.5, 0.6) is 0 Å². The van der Waals surface area contributed by atoms with Gasteiger partial charge in [-0.15, -0.1) is 0 Å². The maximum Gasteiger partial charge on any atom is 0.332 e. The van der Waals surface area contributed by atoms with Crippen LogP contribution in [0.2, 0.25) is 0 Å². The highest BCUT2D eigenvalue weighted by atomic mass is 16.6. The molecule has 0 bridgehead atoms. The fourth-order valence-corrected chi connectivity index (χ4v) is 7.79. The number of primary amides is 1. The van der Waals surface area contributed by atoms with Crippen molar-refractivity contribution in [1.29, 1.82) is 0 Å². The Morgan fingerprint density at radius 2 is 1.61 bits per heavy atom. The topological polar surface area (TPSA) is 219 Å². The van der Waals surface area contributed by atoms with Crippen molar-refractivity contribution in [2.45, 2.75) is 95.5 Å². The van der Waals surface area contributed by atoms with Gasteiger partial charge in [-0.2, -0.15) is 0 Å². The second-order valence-corrected chi connectivity index (χ2v) is 16.1. The van der Waals surface area contributed by atoms with Gasteiger partial charge in [-0.3, -0.25) is 24.1 Å². The molecule has 15 nitrogen and oxygen atoms in total. The van der Waals surface area contributed by atoms with Crippen LogP contribution >= 0.6 is 0 Å². The normalized spacial score (nSPS) is 19.9. The third kappa shape index (κ3) is 12.8. The van der Waals surface area contributed by atoms with Gasteiger partial charge in [-0.25, -0.2) is 14.6 Å². The zero-order valence-electron chi connectivity index (χ0n) is 32.8. The summed E-state index contributed by atoms with van der Waals surface area (Å²) in [5.41, 5.74) is 6.43. The summed E-state index contributed by atoms with van der Waals surface area (Å²) < 4.78 is 11.1. The number of carbonyl (C=O) groups is 6. The lowest BCUT2D eigenvalue weighted by atomic mass is 9.72. The van der Waals surface area contributed by atoms with E-state index in [1.165, 1.54) is 6.07 Å². The Morgan fingerprint density at radius 1 is 0.912 bits per heavy atom. The fraction of sp³-hybridized carbons (Fsp3) is 0.500. The number of aliphatic carboxylic acids is 1. The van der Waals surface area contributed by atoms with Crippen LogP contribution < -0.4 is 21.7 Å². The van der Waals surface area contributed by atoms with Crippen molar-refractivity contribution in [2.75, 3.05) is 26.3 Å². The van der Waals surface area contributed by atoms with Crippen LogP contribution in [0.3, 0.4) is 0 Å². The standard InChI is InChI=1S/C42H54N6O9/c1-42(2,3)47-41(55)34-20-28-14-7-8-15-29(28)22-48(34)23-35(57-38(52)25-56-24-37(50)51)32(19-26-11-5-4-6-12-26)45-40(54)33(21-36(43)49)46-39(53)31-18-17-27-13-9-10-16-30(27)44-31/h4-6,9-13,16-18,28-29,32-35H,7-8,14-15,19-25H2,1-3H3,(H2,43,49)(H,45,54)(H,46,53)(H,47,55)(H,50,51)/t28?,29?,32-,33-,34-,35+/m0/s1. The second kappa shape index (κ2) is 19.6. The molecule has 57 heavy (non-hydrogen) atoms. The molecule has 0 radical (unpaired) electrons. The second-order valence-electron chi connectivity index (χ2n) is 16.1. The first kappa shape index (κ1) is 42.7. The smallest absolute Gasteiger partial charge is 0.332 e. The number of carboxylic acids is 1. The molecular weight excluding hydrogens is 732 g/mol. The number of rotatable bonds is 17. The molecule has 1 aliphatic carbocycles. The quantitative estimate of drug-likeness (QED) is 0.125. The summed E-state index contributed by atoms with van der Waals surface area (Å²) in [4.78, 5) is 84.9. The number of carbonyl (C=O) groups excluding carboxylic acids is 5. The van der Waals surface area contributed by atoms with Gasteiger partial charge in [-0.1, -0.05) is 73.9 Å². The Morgan fingerprint density at radius 3 is 2.32 bits per heavy atom. The van der Waals surface area contributed by atoms with E-state index < -0.39 is 79.1 Å². The van der Waals surface area contributed by atoms with E-state index in [1.54, 1.807) is 18.2 Å². The molecule has 1 saturated carbocycles. The number of carboxylic acid groups (broad SMARTS) is 1. The maximum atomic E-state index is 14.2. The zero-order valence-corrected chi connectivity index (χ0v) is 32.8. The van der Waals surface area contributed by atoms with Gasteiger partial charge in [0.2, 0.25) is 17.7 Å². The molecule has 2 aromatic carbocycles. The zero-order chi connectivity index (χ0) is 41.1. The SMILES string of the molecule is CC(C)(C)NC(=O)[C@@H]1CC2CCCCC2CN1C[C@@H](OC(=O)COCC(=O)O)[C@H](Cc1ccccc1)NC(=O)[C@H](CC(N)=O)NC(=O)c1ccc2ccccc2n1. The number of hydrogen-bond donors (Lipinski definition) is 5. The minimum Gasteiger partial charge on any atom is -0.480 e. The van der Waals surface area contributed by atoms with Gasteiger partial charge in [0.05, 0.1) is 24.0 Å². The fourth-order valence-electron chi connectivity index (χ4n) is 7.79. The summed E-state index contributed by atoms with van der Waals surface area (Å²) in [5, 5.41) is 18.6. The van der Waals surface area contributed by atoms with Crippen molar-refractivity contribution in [3.8, 4) is 0 Å². The third-order valence-corrected chi connectivity index (χ3v) is 10.4. The minimum absolute atomic E-state index is 0.0238. The molecule has 3 aromatic rings. The van der Waals surface area contributed by atoms with Gasteiger partial charge in [0, 0.05) is 24.0 Å². The minimum atomic E-state index is -1.43. The van der Waals surface area contributed by atoms with Crippen LogP contribution in [0.1, 0.15) is 75.3 Å². The van der Waals surface area contributed by atoms with E-state index in [0.717, 1.165) is 36.6 Å². The molecular formula is C42H54N6O9. The number of hydrogen-bond acceptors (Lipinski definition) is 10. The van der Waals surface area contributed by atoms with Crippen molar-refractivity contribution in [3.05, 3.63) is 78.0 Å². The molecule has 2 unspecified atom stereocenters. The molecule has 1 aromatic heterocycles. The van der Waals surface area contributed by atoms with Gasteiger partial charge < -0.3 is 36.3 Å². The van der Waals surface area contributed by atoms with Crippen LogP contribution in [-0.4, -0.2) is 107 Å². The number of nitrogens with two attached hydrogens (primary N) is 1. The number of esters is 1. The summed E-state index contributed by atoms with van der Waals surface area (Å²) in [7, 11) is 0. The van der Waals surface area contributed by atoms with E-state index in [4.69, 9.17) is 20.3 Å². The monoisotopic (exact) mass is 786 g/mol. The highest BCUT2D eigenvalue weighted by Crippen LogP contribution is 2.39. The van der Waals surface area contributed by atoms with Gasteiger partial charge in [-0.05, 0) is 69.6 Å². The largest absolute Gasteiger partial charge is 0.480 e. The molecule has 15 heteroatoms. The first-order chi connectivity index (χ1) is 27.1. The van der Waals surface area contributed by atoms with Gasteiger partial charge in [0.25, 0.3) is 5.91 Å². The lowest BCUT2D eigenvalue weighted by Gasteiger charge is -2.47. The lowest BCUT2D eigenvalue weighted by molar-refractivity contribution is -0.161. The summed E-state index contributed by atoms with van der Waals surface area (Å²) in [5.74, 6) is -3.94. The molecule has 1 saturated heterocycles. The third-order valence-electron chi connectivity index (χ3n) is 10.4. The van der Waals surface area contributed by atoms with Gasteiger partial charge >= 0.3 is 11.9 Å². The summed E-state index contributed by atoms with van der Waals surface area (Å²) >= 11 is 0. The Bertz CT molecular complexity index is 1900. The van der Waals surface area contributed by atoms with E-state index in [9.17, 15) is 28.8 Å². The number of nitrogens with one attached hydrogen (secondary N) is 3. The maximum absolute atomic E-state index is 14.2. The van der Waals surface area contributed by atoms with Crippen molar-refractivity contribution in [1.82, 2.24) is 25.8 Å². The summed E-state index contributed by atoms with van der Waals surface area (Å²) in [6, 6.07) is 16.7. The van der Waals surface area contributed by atoms with E-state index in [0.29, 0.717) is 30.3 Å². The number of ether oxygens (including phenoxy) is 2. The number of fused-ring (bicyclic) bond motifs is 2. The predicted molar refractivity (Wildman–Crippen MR) is 211 cm³/mol. The van der Waals surface area contributed by atoms with E-state index in [-0.39, 0.29) is 24.6 Å². The molecule has 2 aliphatic rings. The number of para-hydroxylation sites is 1. The molecule has 1 aliphatic heterocycles. The van der Waals surface area contributed by atoms with Crippen LogP contribution in [0, 0.1) is 11.8 Å². The Balaban J connectivity index is 1.47. The Labute approximate surface area is 332 Å². The van der Waals surface area contributed by atoms with Crippen LogP contribution in [-0.2, 0) is 39.9 Å². The van der Waals surface area contributed by atoms with Crippen molar-refractivity contribution in [3.63, 3.8) is 0 Å². The molecule has 2 heterocycles. The highest BCUT2D eigenvalue weighted by Gasteiger charge is 2.43. The predicted octanol–water partition coefficient (Wildman–Crippen LogP) is 2.74. The number of piperidine rings is 1. The number of pyridine rings is 1. The lowest BCUT2D eigenvalue weighted by Crippen LogP contribution is -2.61. The number of amides is 4. The van der Waals surface area contributed by atoms with Crippen LogP contribution in [0.25, 0.3) is 10.9 Å². The number of benzene rings is 2. The molecule has 5 rings (SSSR count). The first-order valence-electron chi connectivity index (χ1n) is 19.5. The molecule has 2 fully saturated rings. The van der Waals surface area contributed by atoms with Crippen molar-refractivity contribution < 1.29 is 43.3 Å². The van der Waals surface area contributed by atoms with Gasteiger partial charge in [0.15, 0.2) is 0 Å². The Hall–Kier alpha value is -5.41. The molecule has 6 atom stereocenters. The van der Waals surface area contributed by atoms with E-state index in [2.05, 4.69) is 20.9 Å². The molecule has 6 N–H and O–H groups in total. The number of likely N-dealkylation sites (tertiary alicyclic amines) is 1. The Kier molecular flexibility index (Phi) is 14.7. The first-order valence-corrected chi connectivity index (χ1v) is 19.5. The molecule has 0 spiro atoms. The van der Waals surface area contributed by atoms with Crippen LogP contribution in [0.15, 0.2) is 66.7 Å². The van der Waals surface area contributed by atoms with Gasteiger partial charge in [0.1, 0.15) is 31.1 Å². The van der Waals surface area contributed by atoms with E-state index in [1.807, 2.05) is 68.1 Å². The van der Waals surface area contributed by atoms with Crippen molar-refractivity contribution >= 4 is 46.5 Å². The average molecular weight is 787 g/mol. The van der Waals surface area contributed by atoms with E-state index >= 15 is 0 Å². The molecule has 306 valence electrons. The number of nitrogens with zero attached hydrogens (tertiary/aromatic N) is 2. The summed E-state index contributed by atoms with van der Waals surface area (Å²) in [6.45, 7) is 4.91. The number of aromatic nitrogens is 1. The molecule has 4 amide bonds. The van der Waals surface area contributed by atoms with Crippen molar-refractivity contribution in [2.24, 2.45) is 17.6 Å². The average Bonchev–Trinajstić information content (AvgIpc) is 3.16.